The molecule has 26 heavy (non-hydrogen) atoms. The molecule has 1 heterocycles. The highest BCUT2D eigenvalue weighted by Crippen LogP contribution is 2.26. The predicted molar refractivity (Wildman–Crippen MR) is 101 cm³/mol. The first-order valence-corrected chi connectivity index (χ1v) is 8.64. The van der Waals surface area contributed by atoms with E-state index in [0.29, 0.717) is 18.0 Å². The molecule has 2 aromatic rings. The summed E-state index contributed by atoms with van der Waals surface area (Å²) in [5, 5.41) is 5.60. The topological polar surface area (TPSA) is 67.4 Å². The van der Waals surface area contributed by atoms with E-state index in [1.807, 2.05) is 36.4 Å². The standard InChI is InChI=1S/C21H22N2O3/c1-2-20(24)22-13-15-3-5-17(6-4-15)21(25)23-19-9-7-16(8-10-19)18-11-12-26-14-18/h2-10,18H,1,11-14H2,(H,22,24)(H,23,25). The summed E-state index contributed by atoms with van der Waals surface area (Å²) in [5.41, 5.74) is 3.49. The summed E-state index contributed by atoms with van der Waals surface area (Å²) in [6, 6.07) is 15.1. The van der Waals surface area contributed by atoms with Crippen LogP contribution < -0.4 is 10.6 Å². The van der Waals surface area contributed by atoms with E-state index in [4.69, 9.17) is 4.74 Å². The van der Waals surface area contributed by atoms with Crippen molar-refractivity contribution in [2.24, 2.45) is 0 Å². The number of rotatable bonds is 6. The molecule has 1 unspecified atom stereocenters. The lowest BCUT2D eigenvalue weighted by Gasteiger charge is -2.10. The van der Waals surface area contributed by atoms with Gasteiger partial charge in [-0.3, -0.25) is 9.59 Å². The maximum Gasteiger partial charge on any atom is 0.255 e. The normalized spacial score (nSPS) is 16.1. The fourth-order valence-electron chi connectivity index (χ4n) is 2.87. The molecule has 0 radical (unpaired) electrons. The van der Waals surface area contributed by atoms with Crippen molar-refractivity contribution >= 4 is 17.5 Å². The summed E-state index contributed by atoms with van der Waals surface area (Å²) >= 11 is 0. The lowest BCUT2D eigenvalue weighted by Crippen LogP contribution is -2.20. The molecule has 0 aliphatic carbocycles. The largest absolute Gasteiger partial charge is 0.381 e. The molecule has 5 heteroatoms. The van der Waals surface area contributed by atoms with Crippen LogP contribution in [0.4, 0.5) is 5.69 Å². The molecule has 0 spiro atoms. The number of ether oxygens (including phenoxy) is 1. The molecular formula is C21H22N2O3. The molecule has 1 aliphatic heterocycles. The van der Waals surface area contributed by atoms with Crippen molar-refractivity contribution in [2.75, 3.05) is 18.5 Å². The molecule has 3 rings (SSSR count). The van der Waals surface area contributed by atoms with E-state index in [2.05, 4.69) is 17.2 Å². The first kappa shape index (κ1) is 17.9. The number of amides is 2. The fraction of sp³-hybridized carbons (Fsp3) is 0.238. The quantitative estimate of drug-likeness (QED) is 0.786. The van der Waals surface area contributed by atoms with Gasteiger partial charge in [0.2, 0.25) is 5.91 Å². The molecule has 2 N–H and O–H groups in total. The number of hydrogen-bond acceptors (Lipinski definition) is 3. The Morgan fingerprint density at radius 1 is 1.12 bits per heavy atom. The lowest BCUT2D eigenvalue weighted by molar-refractivity contribution is -0.116. The molecule has 0 bridgehead atoms. The Morgan fingerprint density at radius 3 is 2.46 bits per heavy atom. The second kappa shape index (κ2) is 8.45. The average Bonchev–Trinajstić information content (AvgIpc) is 3.22. The average molecular weight is 350 g/mol. The smallest absolute Gasteiger partial charge is 0.255 e. The van der Waals surface area contributed by atoms with Gasteiger partial charge in [-0.15, -0.1) is 0 Å². The van der Waals surface area contributed by atoms with E-state index in [9.17, 15) is 9.59 Å². The first-order valence-electron chi connectivity index (χ1n) is 8.64. The number of benzene rings is 2. The van der Waals surface area contributed by atoms with Crippen LogP contribution in [0.1, 0.15) is 33.8 Å². The molecule has 1 atom stereocenters. The van der Waals surface area contributed by atoms with Crippen LogP contribution in [-0.4, -0.2) is 25.0 Å². The Kier molecular flexibility index (Phi) is 5.81. The van der Waals surface area contributed by atoms with Gasteiger partial charge in [0.05, 0.1) is 6.61 Å². The molecule has 1 fully saturated rings. The molecule has 134 valence electrons. The van der Waals surface area contributed by atoms with Crippen LogP contribution in [0.2, 0.25) is 0 Å². The van der Waals surface area contributed by atoms with Crippen LogP contribution in [0.3, 0.4) is 0 Å². The van der Waals surface area contributed by atoms with Gasteiger partial charge in [-0.2, -0.15) is 0 Å². The zero-order chi connectivity index (χ0) is 18.4. The van der Waals surface area contributed by atoms with Crippen molar-refractivity contribution < 1.29 is 14.3 Å². The third kappa shape index (κ3) is 4.58. The van der Waals surface area contributed by atoms with Crippen LogP contribution in [-0.2, 0) is 16.1 Å². The number of anilines is 1. The van der Waals surface area contributed by atoms with E-state index in [1.165, 1.54) is 11.6 Å². The van der Waals surface area contributed by atoms with Crippen LogP contribution in [0.15, 0.2) is 61.2 Å². The van der Waals surface area contributed by atoms with Gasteiger partial charge >= 0.3 is 0 Å². The summed E-state index contributed by atoms with van der Waals surface area (Å²) < 4.78 is 5.41. The number of hydrogen-bond donors (Lipinski definition) is 2. The van der Waals surface area contributed by atoms with Gasteiger partial charge in [-0.25, -0.2) is 0 Å². The molecule has 2 amide bonds. The van der Waals surface area contributed by atoms with Crippen molar-refractivity contribution in [3.8, 4) is 0 Å². The highest BCUT2D eigenvalue weighted by Gasteiger charge is 2.17. The second-order valence-corrected chi connectivity index (χ2v) is 6.26. The number of nitrogens with one attached hydrogen (secondary N) is 2. The van der Waals surface area contributed by atoms with Gasteiger partial charge < -0.3 is 15.4 Å². The van der Waals surface area contributed by atoms with E-state index in [1.54, 1.807) is 12.1 Å². The Hall–Kier alpha value is -2.92. The van der Waals surface area contributed by atoms with Crippen LogP contribution >= 0.6 is 0 Å². The van der Waals surface area contributed by atoms with E-state index in [0.717, 1.165) is 30.9 Å². The summed E-state index contributed by atoms with van der Waals surface area (Å²) in [5.74, 6) is 0.0666. The molecule has 0 aromatic heterocycles. The van der Waals surface area contributed by atoms with Crippen LogP contribution in [0.25, 0.3) is 0 Å². The van der Waals surface area contributed by atoms with E-state index < -0.39 is 0 Å². The highest BCUT2D eigenvalue weighted by atomic mass is 16.5. The van der Waals surface area contributed by atoms with Gasteiger partial charge in [-0.1, -0.05) is 30.8 Å². The zero-order valence-corrected chi connectivity index (χ0v) is 14.5. The minimum atomic E-state index is -0.223. The first-order chi connectivity index (χ1) is 12.7. The van der Waals surface area contributed by atoms with Gasteiger partial charge in [0.15, 0.2) is 0 Å². The van der Waals surface area contributed by atoms with Crippen molar-refractivity contribution in [3.63, 3.8) is 0 Å². The molecule has 5 nitrogen and oxygen atoms in total. The fourth-order valence-corrected chi connectivity index (χ4v) is 2.87. The molecule has 1 aliphatic rings. The van der Waals surface area contributed by atoms with Crippen LogP contribution in [0, 0.1) is 0 Å². The highest BCUT2D eigenvalue weighted by molar-refractivity contribution is 6.04. The van der Waals surface area contributed by atoms with Gasteiger partial charge in [0, 0.05) is 30.3 Å². The van der Waals surface area contributed by atoms with Gasteiger partial charge in [-0.05, 0) is 47.9 Å². The summed E-state index contributed by atoms with van der Waals surface area (Å²) in [4.78, 5) is 23.5. The van der Waals surface area contributed by atoms with Crippen molar-refractivity contribution in [1.29, 1.82) is 0 Å². The molecular weight excluding hydrogens is 328 g/mol. The minimum Gasteiger partial charge on any atom is -0.381 e. The molecule has 1 saturated heterocycles. The Bertz CT molecular complexity index is 776. The van der Waals surface area contributed by atoms with Gasteiger partial charge in [0.1, 0.15) is 0 Å². The summed E-state index contributed by atoms with van der Waals surface area (Å²) in [7, 11) is 0. The van der Waals surface area contributed by atoms with Gasteiger partial charge in [0.25, 0.3) is 5.91 Å². The monoisotopic (exact) mass is 350 g/mol. The van der Waals surface area contributed by atoms with E-state index >= 15 is 0 Å². The second-order valence-electron chi connectivity index (χ2n) is 6.26. The Labute approximate surface area is 153 Å². The zero-order valence-electron chi connectivity index (χ0n) is 14.5. The summed E-state index contributed by atoms with van der Waals surface area (Å²) in [6.45, 7) is 5.39. The third-order valence-corrected chi connectivity index (χ3v) is 4.44. The molecule has 0 saturated carbocycles. The summed E-state index contributed by atoms with van der Waals surface area (Å²) in [6.07, 6.45) is 2.28. The minimum absolute atomic E-state index is 0.163. The van der Waals surface area contributed by atoms with Crippen LogP contribution in [0.5, 0.6) is 0 Å². The third-order valence-electron chi connectivity index (χ3n) is 4.44. The van der Waals surface area contributed by atoms with Crippen molar-refractivity contribution in [3.05, 3.63) is 77.9 Å². The van der Waals surface area contributed by atoms with E-state index in [-0.39, 0.29) is 11.8 Å². The predicted octanol–water partition coefficient (Wildman–Crippen LogP) is 3.25. The number of carbonyl (C=O) groups is 2. The Balaban J connectivity index is 1.57. The maximum atomic E-state index is 12.4. The SMILES string of the molecule is C=CC(=O)NCc1ccc(C(=O)Nc2ccc(C3CCOC3)cc2)cc1. The molecule has 2 aromatic carbocycles. The van der Waals surface area contributed by atoms with Crippen molar-refractivity contribution in [2.45, 2.75) is 18.9 Å². The maximum absolute atomic E-state index is 12.4. The lowest BCUT2D eigenvalue weighted by atomic mass is 9.98. The number of carbonyl (C=O) groups excluding carboxylic acids is 2. The Morgan fingerprint density at radius 2 is 1.85 bits per heavy atom. The van der Waals surface area contributed by atoms with Crippen molar-refractivity contribution in [1.82, 2.24) is 5.32 Å².